The van der Waals surface area contributed by atoms with Gasteiger partial charge in [0.1, 0.15) is 0 Å². The van der Waals surface area contributed by atoms with Crippen LogP contribution in [-0.2, 0) is 0 Å². The number of aliphatic hydroxyl groups is 1. The first-order valence-corrected chi connectivity index (χ1v) is 5.18. The fourth-order valence-electron chi connectivity index (χ4n) is 2.12. The molecule has 88 valence electrons. The van der Waals surface area contributed by atoms with Gasteiger partial charge >= 0.3 is 6.18 Å². The molecule has 1 saturated carbocycles. The topological polar surface area (TPSA) is 35.5 Å². The standard InChI is InChI=1S/C9H15F3N2O/c10-9(11,12)5-14(6-1-2-6)7-3-13-4-8(7)15/h6-8,13,15H,1-5H2. The number of β-amino-alcohol motifs (C(OH)–C–C–N with tert-alkyl or cyclic N) is 1. The van der Waals surface area contributed by atoms with Crippen molar-refractivity contribution in [1.82, 2.24) is 10.2 Å². The van der Waals surface area contributed by atoms with Crippen molar-refractivity contribution < 1.29 is 18.3 Å². The van der Waals surface area contributed by atoms with Crippen LogP contribution < -0.4 is 5.32 Å². The first-order valence-electron chi connectivity index (χ1n) is 5.18. The quantitative estimate of drug-likeness (QED) is 0.726. The molecule has 1 saturated heterocycles. The predicted molar refractivity (Wildman–Crippen MR) is 48.4 cm³/mol. The minimum Gasteiger partial charge on any atom is -0.390 e. The third-order valence-corrected chi connectivity index (χ3v) is 2.95. The van der Waals surface area contributed by atoms with Crippen LogP contribution in [0, 0.1) is 0 Å². The van der Waals surface area contributed by atoms with E-state index in [0.29, 0.717) is 13.1 Å². The van der Waals surface area contributed by atoms with Crippen LogP contribution in [0.1, 0.15) is 12.8 Å². The molecule has 2 atom stereocenters. The van der Waals surface area contributed by atoms with Gasteiger partial charge in [-0.3, -0.25) is 4.90 Å². The number of aliphatic hydroxyl groups excluding tert-OH is 1. The van der Waals surface area contributed by atoms with Crippen molar-refractivity contribution in [2.45, 2.75) is 37.2 Å². The van der Waals surface area contributed by atoms with Crippen LogP contribution in [-0.4, -0.2) is 54.0 Å². The van der Waals surface area contributed by atoms with Crippen molar-refractivity contribution in [2.24, 2.45) is 0 Å². The average Bonchev–Trinajstić information content (AvgIpc) is 2.85. The van der Waals surface area contributed by atoms with E-state index in [2.05, 4.69) is 5.32 Å². The van der Waals surface area contributed by atoms with Gasteiger partial charge in [0.05, 0.1) is 12.6 Å². The predicted octanol–water partition coefficient (Wildman–Crippen LogP) is 0.346. The smallest absolute Gasteiger partial charge is 0.390 e. The Morgan fingerprint density at radius 3 is 2.33 bits per heavy atom. The lowest BCUT2D eigenvalue weighted by Crippen LogP contribution is -2.48. The summed E-state index contributed by atoms with van der Waals surface area (Å²) >= 11 is 0. The van der Waals surface area contributed by atoms with Gasteiger partial charge in [0.15, 0.2) is 0 Å². The van der Waals surface area contributed by atoms with E-state index in [9.17, 15) is 18.3 Å². The normalized spacial score (nSPS) is 32.6. The molecule has 0 aromatic heterocycles. The number of hydrogen-bond donors (Lipinski definition) is 2. The first kappa shape index (κ1) is 11.2. The molecule has 0 aromatic rings. The Morgan fingerprint density at radius 1 is 1.27 bits per heavy atom. The summed E-state index contributed by atoms with van der Waals surface area (Å²) in [5.74, 6) is 0. The number of nitrogens with zero attached hydrogens (tertiary/aromatic N) is 1. The fraction of sp³-hybridized carbons (Fsp3) is 1.00. The Kier molecular flexibility index (Phi) is 2.92. The van der Waals surface area contributed by atoms with Crippen LogP contribution in [0.15, 0.2) is 0 Å². The Morgan fingerprint density at radius 2 is 1.93 bits per heavy atom. The molecule has 2 N–H and O–H groups in total. The summed E-state index contributed by atoms with van der Waals surface area (Å²) in [4.78, 5) is 1.41. The summed E-state index contributed by atoms with van der Waals surface area (Å²) in [7, 11) is 0. The summed E-state index contributed by atoms with van der Waals surface area (Å²) in [6.45, 7) is -0.0550. The first-order chi connectivity index (χ1) is 6.97. The largest absolute Gasteiger partial charge is 0.401 e. The van der Waals surface area contributed by atoms with Crippen LogP contribution in [0.25, 0.3) is 0 Å². The Labute approximate surface area is 86.2 Å². The van der Waals surface area contributed by atoms with Crippen LogP contribution in [0.2, 0.25) is 0 Å². The van der Waals surface area contributed by atoms with Crippen LogP contribution in [0.4, 0.5) is 13.2 Å². The Bertz CT molecular complexity index is 230. The summed E-state index contributed by atoms with van der Waals surface area (Å²) in [6.07, 6.45) is -3.21. The molecule has 1 heterocycles. The summed E-state index contributed by atoms with van der Waals surface area (Å²) < 4.78 is 37.0. The number of rotatable bonds is 3. The lowest BCUT2D eigenvalue weighted by Gasteiger charge is -2.31. The minimum absolute atomic E-state index is 0.0196. The van der Waals surface area contributed by atoms with E-state index < -0.39 is 18.8 Å². The van der Waals surface area contributed by atoms with Crippen molar-refractivity contribution >= 4 is 0 Å². The molecular weight excluding hydrogens is 209 g/mol. The molecule has 0 spiro atoms. The zero-order valence-corrected chi connectivity index (χ0v) is 8.30. The Hall–Kier alpha value is -0.330. The lowest BCUT2D eigenvalue weighted by molar-refractivity contribution is -0.155. The van der Waals surface area contributed by atoms with E-state index >= 15 is 0 Å². The third-order valence-electron chi connectivity index (χ3n) is 2.95. The maximum Gasteiger partial charge on any atom is 0.401 e. The second-order valence-corrected chi connectivity index (χ2v) is 4.31. The molecule has 2 fully saturated rings. The highest BCUT2D eigenvalue weighted by Crippen LogP contribution is 2.33. The van der Waals surface area contributed by atoms with Gasteiger partial charge in [-0.1, -0.05) is 0 Å². The summed E-state index contributed by atoms with van der Waals surface area (Å²) in [5, 5.41) is 12.5. The molecule has 1 aliphatic carbocycles. The molecule has 3 nitrogen and oxygen atoms in total. The van der Waals surface area contributed by atoms with Gasteiger partial charge in [0, 0.05) is 25.2 Å². The van der Waals surface area contributed by atoms with Crippen LogP contribution in [0.3, 0.4) is 0 Å². The van der Waals surface area contributed by atoms with Crippen LogP contribution >= 0.6 is 0 Å². The van der Waals surface area contributed by atoms with E-state index in [1.165, 1.54) is 4.90 Å². The summed E-state index contributed by atoms with van der Waals surface area (Å²) in [5.41, 5.74) is 0. The highest BCUT2D eigenvalue weighted by molar-refractivity contribution is 4.96. The lowest BCUT2D eigenvalue weighted by atomic mass is 10.1. The van der Waals surface area contributed by atoms with Crippen molar-refractivity contribution in [3.8, 4) is 0 Å². The molecule has 0 amide bonds. The zero-order valence-electron chi connectivity index (χ0n) is 8.30. The minimum atomic E-state index is -4.18. The molecule has 15 heavy (non-hydrogen) atoms. The van der Waals surface area contributed by atoms with E-state index in [1.54, 1.807) is 0 Å². The number of hydrogen-bond acceptors (Lipinski definition) is 3. The van der Waals surface area contributed by atoms with Gasteiger partial charge in [0.25, 0.3) is 0 Å². The molecule has 2 unspecified atom stereocenters. The second kappa shape index (κ2) is 3.92. The van der Waals surface area contributed by atoms with Crippen molar-refractivity contribution in [2.75, 3.05) is 19.6 Å². The van der Waals surface area contributed by atoms with Gasteiger partial charge in [-0.25, -0.2) is 0 Å². The van der Waals surface area contributed by atoms with Crippen molar-refractivity contribution in [3.63, 3.8) is 0 Å². The van der Waals surface area contributed by atoms with Crippen molar-refractivity contribution in [3.05, 3.63) is 0 Å². The van der Waals surface area contributed by atoms with E-state index in [-0.39, 0.29) is 12.1 Å². The van der Waals surface area contributed by atoms with E-state index in [1.807, 2.05) is 0 Å². The molecule has 2 aliphatic rings. The molecule has 6 heteroatoms. The maximum absolute atomic E-state index is 12.3. The Balaban J connectivity index is 1.99. The van der Waals surface area contributed by atoms with Gasteiger partial charge < -0.3 is 10.4 Å². The van der Waals surface area contributed by atoms with Gasteiger partial charge in [-0.2, -0.15) is 13.2 Å². The van der Waals surface area contributed by atoms with Gasteiger partial charge in [0.2, 0.25) is 0 Å². The number of nitrogens with one attached hydrogen (secondary N) is 1. The number of alkyl halides is 3. The maximum atomic E-state index is 12.3. The van der Waals surface area contributed by atoms with E-state index in [4.69, 9.17) is 0 Å². The monoisotopic (exact) mass is 224 g/mol. The SMILES string of the molecule is OC1CNCC1N(CC(F)(F)F)C1CC1. The van der Waals surface area contributed by atoms with Gasteiger partial charge in [-0.15, -0.1) is 0 Å². The molecular formula is C9H15F3N2O. The van der Waals surface area contributed by atoms with Gasteiger partial charge in [-0.05, 0) is 12.8 Å². The average molecular weight is 224 g/mol. The molecule has 1 aliphatic heterocycles. The zero-order chi connectivity index (χ0) is 11.1. The van der Waals surface area contributed by atoms with Crippen molar-refractivity contribution in [1.29, 1.82) is 0 Å². The van der Waals surface area contributed by atoms with E-state index in [0.717, 1.165) is 12.8 Å². The molecule has 0 bridgehead atoms. The number of halogens is 3. The molecule has 0 aromatic carbocycles. The third kappa shape index (κ3) is 2.83. The molecule has 2 rings (SSSR count). The highest BCUT2D eigenvalue weighted by atomic mass is 19.4. The summed E-state index contributed by atoms with van der Waals surface area (Å²) in [6, 6.07) is -0.356. The molecule has 0 radical (unpaired) electrons. The second-order valence-electron chi connectivity index (χ2n) is 4.31. The van der Waals surface area contributed by atoms with Crippen LogP contribution in [0.5, 0.6) is 0 Å². The fourth-order valence-corrected chi connectivity index (χ4v) is 2.12. The highest BCUT2D eigenvalue weighted by Gasteiger charge is 2.44.